The lowest BCUT2D eigenvalue weighted by Crippen LogP contribution is -2.32. The number of pyridine rings is 1. The van der Waals surface area contributed by atoms with Crippen molar-refractivity contribution in [2.75, 3.05) is 5.32 Å². The Kier molecular flexibility index (Phi) is 4.62. The summed E-state index contributed by atoms with van der Waals surface area (Å²) in [5.74, 6) is -0.287. The van der Waals surface area contributed by atoms with Crippen LogP contribution < -0.4 is 10.6 Å². The second kappa shape index (κ2) is 7.23. The molecule has 0 atom stereocenters. The van der Waals surface area contributed by atoms with Gasteiger partial charge in [0.25, 0.3) is 11.8 Å². The van der Waals surface area contributed by atoms with Crippen molar-refractivity contribution in [2.24, 2.45) is 0 Å². The Labute approximate surface area is 157 Å². The summed E-state index contributed by atoms with van der Waals surface area (Å²) in [7, 11) is 0. The minimum Gasteiger partial charge on any atom is -0.349 e. The second-order valence-corrected chi connectivity index (χ2v) is 7.01. The maximum atomic E-state index is 12.6. The summed E-state index contributed by atoms with van der Waals surface area (Å²) in [6.45, 7) is 1.89. The number of anilines is 1. The van der Waals surface area contributed by atoms with Gasteiger partial charge in [0, 0.05) is 23.5 Å². The van der Waals surface area contributed by atoms with E-state index >= 15 is 0 Å². The first kappa shape index (κ1) is 17.3. The van der Waals surface area contributed by atoms with E-state index in [-0.39, 0.29) is 17.9 Å². The first-order valence-corrected chi connectivity index (χ1v) is 9.27. The third kappa shape index (κ3) is 3.56. The van der Waals surface area contributed by atoms with E-state index in [0.717, 1.165) is 24.1 Å². The summed E-state index contributed by atoms with van der Waals surface area (Å²) in [6, 6.07) is 11.2. The number of aromatic nitrogens is 2. The number of benzene rings is 1. The molecule has 2 aromatic heterocycles. The number of hydrogen-bond acceptors (Lipinski definition) is 3. The predicted octanol–water partition coefficient (Wildman–Crippen LogP) is 3.57. The zero-order valence-electron chi connectivity index (χ0n) is 15.2. The lowest BCUT2D eigenvalue weighted by molar-refractivity contribution is 0.0937. The van der Waals surface area contributed by atoms with Crippen molar-refractivity contribution in [3.05, 3.63) is 65.6 Å². The van der Waals surface area contributed by atoms with Crippen molar-refractivity contribution >= 4 is 23.1 Å². The van der Waals surface area contributed by atoms with Gasteiger partial charge < -0.3 is 10.6 Å². The predicted molar refractivity (Wildman–Crippen MR) is 104 cm³/mol. The fourth-order valence-corrected chi connectivity index (χ4v) is 3.57. The van der Waals surface area contributed by atoms with Gasteiger partial charge in [-0.25, -0.2) is 4.98 Å². The number of carbonyl (C=O) groups excluding carboxylic acids is 2. The average molecular weight is 362 g/mol. The Balaban J connectivity index is 1.49. The van der Waals surface area contributed by atoms with Gasteiger partial charge in [0.2, 0.25) is 0 Å². The molecular weight excluding hydrogens is 340 g/mol. The van der Waals surface area contributed by atoms with E-state index < -0.39 is 0 Å². The van der Waals surface area contributed by atoms with Crippen LogP contribution in [-0.2, 0) is 0 Å². The van der Waals surface area contributed by atoms with E-state index in [1.54, 1.807) is 28.9 Å². The smallest absolute Gasteiger partial charge is 0.274 e. The molecule has 27 heavy (non-hydrogen) atoms. The van der Waals surface area contributed by atoms with E-state index in [1.165, 1.54) is 12.8 Å². The van der Waals surface area contributed by atoms with Crippen molar-refractivity contribution < 1.29 is 9.59 Å². The molecule has 0 aliphatic heterocycles. The first-order chi connectivity index (χ1) is 13.1. The van der Waals surface area contributed by atoms with Crippen LogP contribution in [0.15, 0.2) is 48.8 Å². The SMILES string of the molecule is Cc1cc(C(=O)NC2CCCC2)ccc1NC(=O)c1cnc2ccccn12. The molecule has 3 aromatic rings. The quantitative estimate of drug-likeness (QED) is 0.745. The minimum absolute atomic E-state index is 0.0512. The summed E-state index contributed by atoms with van der Waals surface area (Å²) in [5.41, 5.74) is 3.33. The lowest BCUT2D eigenvalue weighted by atomic mass is 10.1. The first-order valence-electron chi connectivity index (χ1n) is 9.27. The molecule has 1 fully saturated rings. The summed E-state index contributed by atoms with van der Waals surface area (Å²) in [4.78, 5) is 29.3. The highest BCUT2D eigenvalue weighted by Gasteiger charge is 2.19. The molecule has 6 nitrogen and oxygen atoms in total. The van der Waals surface area contributed by atoms with E-state index in [9.17, 15) is 9.59 Å². The third-order valence-electron chi connectivity index (χ3n) is 5.08. The normalized spacial score (nSPS) is 14.4. The molecular formula is C21H22N4O2. The lowest BCUT2D eigenvalue weighted by Gasteiger charge is -2.13. The van der Waals surface area contributed by atoms with Crippen LogP contribution in [0.4, 0.5) is 5.69 Å². The molecule has 1 aliphatic carbocycles. The Bertz CT molecular complexity index is 1000. The van der Waals surface area contributed by atoms with Gasteiger partial charge >= 0.3 is 0 Å². The standard InChI is InChI=1S/C21H22N4O2/c1-14-12-15(20(26)23-16-6-2-3-7-16)9-10-17(14)24-21(27)18-13-22-19-8-4-5-11-25(18)19/h4-5,8-13,16H,2-3,6-7H2,1H3,(H,23,26)(H,24,27). The van der Waals surface area contributed by atoms with Crippen LogP contribution in [0.1, 0.15) is 52.1 Å². The largest absolute Gasteiger partial charge is 0.349 e. The molecule has 1 aliphatic rings. The van der Waals surface area contributed by atoms with Crippen molar-refractivity contribution in [3.63, 3.8) is 0 Å². The van der Waals surface area contributed by atoms with Crippen LogP contribution in [0, 0.1) is 6.92 Å². The van der Waals surface area contributed by atoms with Gasteiger partial charge in [0.1, 0.15) is 11.3 Å². The van der Waals surface area contributed by atoms with Crippen LogP contribution in [0.2, 0.25) is 0 Å². The number of nitrogens with one attached hydrogen (secondary N) is 2. The van der Waals surface area contributed by atoms with Gasteiger partial charge in [-0.3, -0.25) is 14.0 Å². The molecule has 1 saturated carbocycles. The molecule has 0 radical (unpaired) electrons. The van der Waals surface area contributed by atoms with Crippen molar-refractivity contribution in [3.8, 4) is 0 Å². The Morgan fingerprint density at radius 3 is 2.70 bits per heavy atom. The van der Waals surface area contributed by atoms with E-state index in [4.69, 9.17) is 0 Å². The van der Waals surface area contributed by atoms with Gasteiger partial charge in [0.15, 0.2) is 0 Å². The molecule has 138 valence electrons. The van der Waals surface area contributed by atoms with Gasteiger partial charge in [-0.15, -0.1) is 0 Å². The number of rotatable bonds is 4. The minimum atomic E-state index is -0.236. The number of amides is 2. The van der Waals surface area contributed by atoms with Crippen LogP contribution >= 0.6 is 0 Å². The second-order valence-electron chi connectivity index (χ2n) is 7.01. The molecule has 2 amide bonds. The topological polar surface area (TPSA) is 75.5 Å². The Morgan fingerprint density at radius 2 is 1.93 bits per heavy atom. The highest BCUT2D eigenvalue weighted by Crippen LogP contribution is 2.20. The van der Waals surface area contributed by atoms with Crippen molar-refractivity contribution in [2.45, 2.75) is 38.6 Å². The Hall–Kier alpha value is -3.15. The molecule has 2 N–H and O–H groups in total. The monoisotopic (exact) mass is 362 g/mol. The molecule has 0 spiro atoms. The number of carbonyl (C=O) groups is 2. The molecule has 1 aromatic carbocycles. The zero-order chi connectivity index (χ0) is 18.8. The zero-order valence-corrected chi connectivity index (χ0v) is 15.2. The number of imidazole rings is 1. The van der Waals surface area contributed by atoms with Gasteiger partial charge in [-0.05, 0) is 55.7 Å². The van der Waals surface area contributed by atoms with Crippen molar-refractivity contribution in [1.29, 1.82) is 0 Å². The molecule has 4 rings (SSSR count). The molecule has 2 heterocycles. The van der Waals surface area contributed by atoms with Crippen LogP contribution in [-0.4, -0.2) is 27.2 Å². The highest BCUT2D eigenvalue weighted by molar-refractivity contribution is 6.04. The van der Waals surface area contributed by atoms with Crippen LogP contribution in [0.25, 0.3) is 5.65 Å². The van der Waals surface area contributed by atoms with Gasteiger partial charge in [-0.2, -0.15) is 0 Å². The van der Waals surface area contributed by atoms with E-state index in [2.05, 4.69) is 15.6 Å². The van der Waals surface area contributed by atoms with E-state index in [0.29, 0.717) is 16.9 Å². The summed E-state index contributed by atoms with van der Waals surface area (Å²) >= 11 is 0. The molecule has 0 saturated heterocycles. The highest BCUT2D eigenvalue weighted by atomic mass is 16.2. The molecule has 0 unspecified atom stereocenters. The number of fused-ring (bicyclic) bond motifs is 1. The maximum Gasteiger partial charge on any atom is 0.274 e. The van der Waals surface area contributed by atoms with Crippen molar-refractivity contribution in [1.82, 2.24) is 14.7 Å². The average Bonchev–Trinajstić information content (AvgIpc) is 3.32. The summed E-state index contributed by atoms with van der Waals surface area (Å²) in [6.07, 6.45) is 7.83. The molecule has 0 bridgehead atoms. The van der Waals surface area contributed by atoms with E-state index in [1.807, 2.05) is 31.2 Å². The third-order valence-corrected chi connectivity index (χ3v) is 5.08. The fourth-order valence-electron chi connectivity index (χ4n) is 3.57. The number of hydrogen-bond donors (Lipinski definition) is 2. The van der Waals surface area contributed by atoms with Crippen LogP contribution in [0.5, 0.6) is 0 Å². The summed E-state index contributed by atoms with van der Waals surface area (Å²) < 4.78 is 1.74. The van der Waals surface area contributed by atoms with Gasteiger partial charge in [0.05, 0.1) is 6.20 Å². The summed E-state index contributed by atoms with van der Waals surface area (Å²) in [5, 5.41) is 6.00. The maximum absolute atomic E-state index is 12.6. The fraction of sp³-hybridized carbons (Fsp3) is 0.286. The Morgan fingerprint density at radius 1 is 1.11 bits per heavy atom. The number of aryl methyl sites for hydroxylation is 1. The molecule has 6 heteroatoms. The number of nitrogens with zero attached hydrogens (tertiary/aromatic N) is 2. The van der Waals surface area contributed by atoms with Crippen LogP contribution in [0.3, 0.4) is 0 Å². The van der Waals surface area contributed by atoms with Gasteiger partial charge in [-0.1, -0.05) is 18.9 Å².